The molecule has 0 nitrogen and oxygen atoms in total. The lowest BCUT2D eigenvalue weighted by Crippen LogP contribution is -1.91. The van der Waals surface area contributed by atoms with Gasteiger partial charge in [-0.05, 0) is 33.0 Å². The van der Waals surface area contributed by atoms with E-state index in [2.05, 4.69) is 42.4 Å². The summed E-state index contributed by atoms with van der Waals surface area (Å²) in [5, 5.41) is 0. The summed E-state index contributed by atoms with van der Waals surface area (Å²) in [7, 11) is 0. The second kappa shape index (κ2) is 3.90. The van der Waals surface area contributed by atoms with Gasteiger partial charge in [0.15, 0.2) is 0 Å². The number of rotatable bonds is 2. The average molecular weight is 224 g/mol. The molecule has 0 atom stereocenters. The van der Waals surface area contributed by atoms with Crippen molar-refractivity contribution in [2.75, 3.05) is 0 Å². The normalized spacial score (nSPS) is 10.3. The Morgan fingerprint density at radius 1 is 1.42 bits per heavy atom. The first-order valence-electron chi connectivity index (χ1n) is 3.88. The first kappa shape index (κ1) is 9.53. The monoisotopic (exact) mass is 223 g/mol. The van der Waals surface area contributed by atoms with E-state index >= 15 is 0 Å². The molecule has 12 heavy (non-hydrogen) atoms. The van der Waals surface area contributed by atoms with Crippen molar-refractivity contribution in [2.45, 2.75) is 13.8 Å². The minimum Gasteiger partial charge on any atom is -0.0984 e. The Bertz CT molecular complexity index is 287. The lowest BCUT2D eigenvalue weighted by Gasteiger charge is -2.09. The molecular weight excluding hydrogens is 212 g/mol. The van der Waals surface area contributed by atoms with E-state index in [1.54, 1.807) is 0 Å². The Kier molecular flexibility index (Phi) is 3.10. The van der Waals surface area contributed by atoms with E-state index in [1.807, 2.05) is 18.2 Å². The molecule has 0 aliphatic heterocycles. The van der Waals surface area contributed by atoms with Crippen LogP contribution in [0, 0.1) is 5.92 Å². The molecule has 0 unspecified atom stereocenters. The lowest BCUT2D eigenvalue weighted by atomic mass is 10.0. The maximum Gasteiger partial charge on any atom is 0.0285 e. The van der Waals surface area contributed by atoms with Crippen LogP contribution in [0.2, 0.25) is 0 Å². The fourth-order valence-corrected chi connectivity index (χ4v) is 1.92. The average Bonchev–Trinajstić information content (AvgIpc) is 2.04. The maximum atomic E-state index is 3.75. The van der Waals surface area contributed by atoms with Crippen LogP contribution in [0.25, 0.3) is 6.08 Å². The summed E-state index contributed by atoms with van der Waals surface area (Å²) in [5.41, 5.74) is 2.40. The molecular formula is C11H12Br. The zero-order valence-corrected chi connectivity index (χ0v) is 8.98. The van der Waals surface area contributed by atoms with E-state index in [4.69, 9.17) is 0 Å². The topological polar surface area (TPSA) is 0 Å². The number of hydrogen-bond acceptors (Lipinski definition) is 0. The third kappa shape index (κ3) is 1.78. The highest BCUT2D eigenvalue weighted by Gasteiger charge is 2.06. The highest BCUT2D eigenvalue weighted by Crippen LogP contribution is 2.27. The third-order valence-corrected chi connectivity index (χ3v) is 2.67. The quantitative estimate of drug-likeness (QED) is 0.710. The van der Waals surface area contributed by atoms with Gasteiger partial charge in [0, 0.05) is 4.47 Å². The molecule has 0 fully saturated rings. The van der Waals surface area contributed by atoms with E-state index in [9.17, 15) is 0 Å². The molecule has 1 aromatic carbocycles. The summed E-state index contributed by atoms with van der Waals surface area (Å²) < 4.78 is 1.14. The van der Waals surface area contributed by atoms with Crippen molar-refractivity contribution < 1.29 is 0 Å². The van der Waals surface area contributed by atoms with Crippen LogP contribution in [0.15, 0.2) is 29.3 Å². The largest absolute Gasteiger partial charge is 0.0984 e. The molecule has 1 radical (unpaired) electrons. The predicted molar refractivity (Wildman–Crippen MR) is 57.9 cm³/mol. The zero-order chi connectivity index (χ0) is 9.14. The summed E-state index contributed by atoms with van der Waals surface area (Å²) in [6.45, 7) is 7.96. The van der Waals surface area contributed by atoms with Gasteiger partial charge in [-0.15, -0.1) is 0 Å². The van der Waals surface area contributed by atoms with E-state index in [1.165, 1.54) is 11.5 Å². The van der Waals surface area contributed by atoms with Gasteiger partial charge in [-0.3, -0.25) is 0 Å². The van der Waals surface area contributed by atoms with Gasteiger partial charge >= 0.3 is 0 Å². The van der Waals surface area contributed by atoms with E-state index in [0.29, 0.717) is 0 Å². The Morgan fingerprint density at radius 2 is 2.08 bits per heavy atom. The molecule has 63 valence electrons. The van der Waals surface area contributed by atoms with Crippen LogP contribution in [-0.2, 0) is 0 Å². The van der Waals surface area contributed by atoms with Crippen molar-refractivity contribution in [2.24, 2.45) is 0 Å². The molecule has 0 aromatic heterocycles. The summed E-state index contributed by atoms with van der Waals surface area (Å²) in [5.74, 6) is 1.31. The van der Waals surface area contributed by atoms with Crippen LogP contribution in [-0.4, -0.2) is 0 Å². The number of hydrogen-bond donors (Lipinski definition) is 0. The van der Waals surface area contributed by atoms with Gasteiger partial charge in [-0.2, -0.15) is 0 Å². The Morgan fingerprint density at radius 3 is 2.58 bits per heavy atom. The molecule has 1 heteroatoms. The molecule has 0 N–H and O–H groups in total. The predicted octanol–water partition coefficient (Wildman–Crippen LogP) is 4.05. The van der Waals surface area contributed by atoms with Gasteiger partial charge in [-0.1, -0.05) is 44.7 Å². The van der Waals surface area contributed by atoms with Crippen LogP contribution < -0.4 is 0 Å². The van der Waals surface area contributed by atoms with E-state index in [-0.39, 0.29) is 0 Å². The molecule has 1 rings (SSSR count). The molecule has 0 aliphatic rings. The summed E-state index contributed by atoms with van der Waals surface area (Å²) >= 11 is 3.55. The van der Waals surface area contributed by atoms with Gasteiger partial charge in [0.2, 0.25) is 0 Å². The van der Waals surface area contributed by atoms with Crippen molar-refractivity contribution >= 4 is 22.0 Å². The molecule has 0 amide bonds. The molecule has 0 saturated carbocycles. The number of benzene rings is 1. The first-order chi connectivity index (χ1) is 5.66. The first-order valence-corrected chi connectivity index (χ1v) is 4.67. The van der Waals surface area contributed by atoms with Crippen molar-refractivity contribution in [3.63, 3.8) is 0 Å². The molecule has 1 aromatic rings. The van der Waals surface area contributed by atoms with Crippen LogP contribution in [0.3, 0.4) is 0 Å². The summed E-state index contributed by atoms with van der Waals surface area (Å²) in [6.07, 6.45) is 1.86. The standard InChI is InChI=1S/C11H12Br/c1-4-9-6-5-7-10(8(2)3)11(9)12/h4-7H,1H2,2-3H3. The smallest absolute Gasteiger partial charge is 0.0285 e. The highest BCUT2D eigenvalue weighted by atomic mass is 79.9. The van der Waals surface area contributed by atoms with Crippen molar-refractivity contribution in [3.05, 3.63) is 46.3 Å². The van der Waals surface area contributed by atoms with Gasteiger partial charge in [0.25, 0.3) is 0 Å². The van der Waals surface area contributed by atoms with Gasteiger partial charge in [0.1, 0.15) is 0 Å². The highest BCUT2D eigenvalue weighted by molar-refractivity contribution is 9.10. The minimum atomic E-state index is 1.14. The number of halogens is 1. The molecule has 0 heterocycles. The van der Waals surface area contributed by atoms with E-state index in [0.717, 1.165) is 10.0 Å². The second-order valence-corrected chi connectivity index (χ2v) is 3.71. The van der Waals surface area contributed by atoms with Crippen LogP contribution in [0.5, 0.6) is 0 Å². The third-order valence-electron chi connectivity index (χ3n) is 1.79. The SMILES string of the molecule is C=Cc1cccc([C](C)C)c1Br. The van der Waals surface area contributed by atoms with Crippen LogP contribution in [0.4, 0.5) is 0 Å². The maximum absolute atomic E-state index is 3.75. The second-order valence-electron chi connectivity index (χ2n) is 2.91. The molecule has 0 aliphatic carbocycles. The van der Waals surface area contributed by atoms with Gasteiger partial charge < -0.3 is 0 Å². The molecule has 0 bridgehead atoms. The van der Waals surface area contributed by atoms with Crippen molar-refractivity contribution in [3.8, 4) is 0 Å². The Labute approximate surface area is 82.4 Å². The zero-order valence-electron chi connectivity index (χ0n) is 7.39. The fraction of sp³-hybridized carbons (Fsp3) is 0.182. The molecule has 0 saturated heterocycles. The Hall–Kier alpha value is -0.560. The van der Waals surface area contributed by atoms with Crippen LogP contribution >= 0.6 is 15.9 Å². The lowest BCUT2D eigenvalue weighted by molar-refractivity contribution is 1.14. The van der Waals surface area contributed by atoms with Crippen molar-refractivity contribution in [1.82, 2.24) is 0 Å². The van der Waals surface area contributed by atoms with Gasteiger partial charge in [-0.25, -0.2) is 0 Å². The van der Waals surface area contributed by atoms with Gasteiger partial charge in [0.05, 0.1) is 0 Å². The summed E-state index contributed by atoms with van der Waals surface area (Å²) in [6, 6.07) is 6.19. The fourth-order valence-electron chi connectivity index (χ4n) is 1.09. The summed E-state index contributed by atoms with van der Waals surface area (Å²) in [4.78, 5) is 0. The minimum absolute atomic E-state index is 1.14. The van der Waals surface area contributed by atoms with E-state index < -0.39 is 0 Å². The molecule has 0 spiro atoms. The van der Waals surface area contributed by atoms with Crippen molar-refractivity contribution in [1.29, 1.82) is 0 Å². The Balaban J connectivity index is 3.22. The van der Waals surface area contributed by atoms with Crippen LogP contribution in [0.1, 0.15) is 25.0 Å².